The molecule has 1 aliphatic rings. The molecule has 1 aromatic heterocycles. The monoisotopic (exact) mass is 383 g/mol. The first-order valence-corrected chi connectivity index (χ1v) is 9.30. The number of hydrogen-bond donors (Lipinski definition) is 2. The highest BCUT2D eigenvalue weighted by atomic mass is 35.5. The van der Waals surface area contributed by atoms with E-state index in [2.05, 4.69) is 37.2 Å². The first-order chi connectivity index (χ1) is 11.8. The summed E-state index contributed by atoms with van der Waals surface area (Å²) < 4.78 is 13.9. The van der Waals surface area contributed by atoms with Gasteiger partial charge in [0.25, 0.3) is 0 Å². The molecule has 1 fully saturated rings. The van der Waals surface area contributed by atoms with E-state index in [0.717, 1.165) is 37.0 Å². The van der Waals surface area contributed by atoms with Crippen LogP contribution in [0.15, 0.2) is 24.3 Å². The lowest BCUT2D eigenvalue weighted by atomic mass is 10.1. The summed E-state index contributed by atoms with van der Waals surface area (Å²) in [5.74, 6) is 2.08. The molecule has 8 heteroatoms. The van der Waals surface area contributed by atoms with Gasteiger partial charge >= 0.3 is 0 Å². The zero-order valence-electron chi connectivity index (χ0n) is 14.3. The summed E-state index contributed by atoms with van der Waals surface area (Å²) in [6.45, 7) is 4.88. The van der Waals surface area contributed by atoms with Gasteiger partial charge in [0.05, 0.1) is 18.3 Å². The number of nitrogens with zero attached hydrogens (tertiary/aromatic N) is 3. The molecule has 0 aliphatic carbocycles. The summed E-state index contributed by atoms with van der Waals surface area (Å²) in [5.41, 5.74) is 7.01. The number of aromatic nitrogens is 2. The van der Waals surface area contributed by atoms with Crippen molar-refractivity contribution in [3.05, 3.63) is 29.8 Å². The van der Waals surface area contributed by atoms with E-state index in [1.807, 2.05) is 6.07 Å². The van der Waals surface area contributed by atoms with Gasteiger partial charge in [-0.05, 0) is 50.0 Å². The Morgan fingerprint density at radius 1 is 1.20 bits per heavy atom. The second-order valence-electron chi connectivity index (χ2n) is 6.11. The van der Waals surface area contributed by atoms with Gasteiger partial charge in [-0.3, -0.25) is 4.90 Å². The second-order valence-corrected chi connectivity index (χ2v) is 6.64. The van der Waals surface area contributed by atoms with Gasteiger partial charge in [-0.15, -0.1) is 12.4 Å². The topological polar surface area (TPSA) is 76.3 Å². The molecule has 1 aromatic carbocycles. The third-order valence-corrected chi connectivity index (χ3v) is 4.69. The smallest absolute Gasteiger partial charge is 0.184 e. The zero-order chi connectivity index (χ0) is 16.6. The summed E-state index contributed by atoms with van der Waals surface area (Å²) in [4.78, 5) is 2.53. The van der Waals surface area contributed by atoms with E-state index in [1.165, 1.54) is 37.9 Å². The van der Waals surface area contributed by atoms with Crippen LogP contribution in [-0.4, -0.2) is 39.9 Å². The average molecular weight is 384 g/mol. The number of nitrogens with one attached hydrogen (secondary N) is 1. The maximum absolute atomic E-state index is 5.86. The molecule has 6 nitrogen and oxygen atoms in total. The number of halogens is 1. The van der Waals surface area contributed by atoms with E-state index >= 15 is 0 Å². The summed E-state index contributed by atoms with van der Waals surface area (Å²) in [7, 11) is 0. The largest absolute Gasteiger partial charge is 0.494 e. The molecule has 0 saturated carbocycles. The number of nitrogens with two attached hydrogens (primary N) is 1. The Kier molecular flexibility index (Phi) is 8.24. The van der Waals surface area contributed by atoms with E-state index < -0.39 is 0 Å². The first-order valence-electron chi connectivity index (χ1n) is 8.57. The van der Waals surface area contributed by atoms with E-state index in [1.54, 1.807) is 0 Å². The van der Waals surface area contributed by atoms with Crippen LogP contribution in [0.4, 0.5) is 11.6 Å². The van der Waals surface area contributed by atoms with Crippen LogP contribution in [0.25, 0.3) is 0 Å². The lowest BCUT2D eigenvalue weighted by molar-refractivity contribution is 0.220. The molecule has 0 radical (unpaired) electrons. The van der Waals surface area contributed by atoms with Gasteiger partial charge < -0.3 is 15.8 Å². The molecular formula is C17H26ClN5OS. The van der Waals surface area contributed by atoms with Crippen molar-refractivity contribution in [1.29, 1.82) is 0 Å². The Labute approximate surface area is 159 Å². The molecule has 25 heavy (non-hydrogen) atoms. The minimum atomic E-state index is 0. The number of nitrogen functional groups attached to an aromatic ring is 1. The van der Waals surface area contributed by atoms with Crippen molar-refractivity contribution in [3.63, 3.8) is 0 Å². The van der Waals surface area contributed by atoms with Gasteiger partial charge in [0.2, 0.25) is 0 Å². The molecule has 0 amide bonds. The molecule has 1 aliphatic heterocycles. The van der Waals surface area contributed by atoms with E-state index in [9.17, 15) is 0 Å². The Balaban J connectivity index is 0.00000225. The molecule has 2 aromatic rings. The molecule has 3 rings (SSSR count). The number of anilines is 2. The zero-order valence-corrected chi connectivity index (χ0v) is 16.0. The van der Waals surface area contributed by atoms with Crippen LogP contribution in [0, 0.1) is 0 Å². The Morgan fingerprint density at radius 3 is 2.80 bits per heavy atom. The van der Waals surface area contributed by atoms with Crippen molar-refractivity contribution in [1.82, 2.24) is 13.6 Å². The molecule has 138 valence electrons. The maximum atomic E-state index is 5.86. The third-order valence-electron chi connectivity index (χ3n) is 4.15. The number of piperidine rings is 1. The minimum Gasteiger partial charge on any atom is -0.494 e. The van der Waals surface area contributed by atoms with Gasteiger partial charge in [-0.1, -0.05) is 18.6 Å². The van der Waals surface area contributed by atoms with Crippen LogP contribution in [0.2, 0.25) is 0 Å². The minimum absolute atomic E-state index is 0. The standard InChI is InChI=1S/C17H25N5OS.ClH/c18-16-17(21-24-20-16)19-8-5-11-23-15-7-4-6-14(12-15)13-22-9-2-1-3-10-22;/h4,6-7,12H,1-3,5,8-11,13H2,(H2,18,20)(H,19,21);1H. The van der Waals surface area contributed by atoms with E-state index in [4.69, 9.17) is 10.5 Å². The van der Waals surface area contributed by atoms with Crippen LogP contribution < -0.4 is 15.8 Å². The van der Waals surface area contributed by atoms with Gasteiger partial charge in [0.1, 0.15) is 5.75 Å². The van der Waals surface area contributed by atoms with Gasteiger partial charge in [-0.2, -0.15) is 8.75 Å². The van der Waals surface area contributed by atoms with Crippen molar-refractivity contribution in [2.24, 2.45) is 0 Å². The first kappa shape index (κ1) is 19.8. The Bertz CT molecular complexity index is 633. The van der Waals surface area contributed by atoms with Crippen molar-refractivity contribution < 1.29 is 4.74 Å². The summed E-state index contributed by atoms with van der Waals surface area (Å²) in [6.07, 6.45) is 4.90. The number of likely N-dealkylation sites (tertiary alicyclic amines) is 1. The molecule has 0 spiro atoms. The Morgan fingerprint density at radius 2 is 2.04 bits per heavy atom. The fourth-order valence-electron chi connectivity index (χ4n) is 2.90. The highest BCUT2D eigenvalue weighted by Gasteiger charge is 2.10. The fourth-order valence-corrected chi connectivity index (χ4v) is 3.35. The molecule has 1 saturated heterocycles. The van der Waals surface area contributed by atoms with Gasteiger partial charge in [0.15, 0.2) is 11.6 Å². The Hall–Kier alpha value is -1.57. The normalized spacial score (nSPS) is 14.7. The lowest BCUT2D eigenvalue weighted by Gasteiger charge is -2.26. The van der Waals surface area contributed by atoms with E-state index in [0.29, 0.717) is 18.2 Å². The average Bonchev–Trinajstić information content (AvgIpc) is 3.01. The number of hydrogen-bond acceptors (Lipinski definition) is 7. The molecule has 0 bridgehead atoms. The predicted octanol–water partition coefficient (Wildman–Crippen LogP) is 3.41. The maximum Gasteiger partial charge on any atom is 0.184 e. The second kappa shape index (κ2) is 10.4. The van der Waals surface area contributed by atoms with Crippen molar-refractivity contribution in [2.75, 3.05) is 37.3 Å². The quantitative estimate of drug-likeness (QED) is 0.680. The molecule has 0 unspecified atom stereocenters. The van der Waals surface area contributed by atoms with Crippen LogP contribution in [0.1, 0.15) is 31.2 Å². The lowest BCUT2D eigenvalue weighted by Crippen LogP contribution is -2.29. The van der Waals surface area contributed by atoms with Crippen molar-refractivity contribution in [2.45, 2.75) is 32.2 Å². The molecule has 0 atom stereocenters. The van der Waals surface area contributed by atoms with Gasteiger partial charge in [0, 0.05) is 13.1 Å². The fraction of sp³-hybridized carbons (Fsp3) is 0.529. The summed E-state index contributed by atoms with van der Waals surface area (Å²) in [6, 6.07) is 8.44. The van der Waals surface area contributed by atoms with Crippen LogP contribution >= 0.6 is 24.1 Å². The summed E-state index contributed by atoms with van der Waals surface area (Å²) in [5, 5.41) is 3.17. The molecule has 2 heterocycles. The molecular weight excluding hydrogens is 358 g/mol. The highest BCUT2D eigenvalue weighted by Crippen LogP contribution is 2.18. The van der Waals surface area contributed by atoms with Crippen molar-refractivity contribution >= 4 is 35.8 Å². The molecule has 3 N–H and O–H groups in total. The van der Waals surface area contributed by atoms with Crippen LogP contribution in [0.5, 0.6) is 5.75 Å². The predicted molar refractivity (Wildman–Crippen MR) is 106 cm³/mol. The number of benzene rings is 1. The third kappa shape index (κ3) is 6.34. The number of rotatable bonds is 8. The summed E-state index contributed by atoms with van der Waals surface area (Å²) >= 11 is 1.12. The number of ether oxygens (including phenoxy) is 1. The van der Waals surface area contributed by atoms with Crippen LogP contribution in [0.3, 0.4) is 0 Å². The van der Waals surface area contributed by atoms with Crippen molar-refractivity contribution in [3.8, 4) is 5.75 Å². The SMILES string of the molecule is Cl.Nc1nsnc1NCCCOc1cccc(CN2CCCCC2)c1. The van der Waals surface area contributed by atoms with Crippen LogP contribution in [-0.2, 0) is 6.54 Å². The van der Waals surface area contributed by atoms with E-state index in [-0.39, 0.29) is 12.4 Å². The van der Waals surface area contributed by atoms with Gasteiger partial charge in [-0.25, -0.2) is 0 Å². The highest BCUT2D eigenvalue weighted by molar-refractivity contribution is 6.99.